The quantitative estimate of drug-likeness (QED) is 0.668. The largest absolute Gasteiger partial charge is 0.241 e. The molecule has 0 spiro atoms. The fourth-order valence-electron chi connectivity index (χ4n) is 1.17. The molecule has 0 heterocycles. The number of sulfonamides is 1. The second kappa shape index (κ2) is 6.15. The smallest absolute Gasteiger partial charge is 0.211 e. The number of halogens is 2. The molecule has 0 aliphatic heterocycles. The van der Waals surface area contributed by atoms with Gasteiger partial charge in [-0.2, -0.15) is 0 Å². The maximum absolute atomic E-state index is 12.8. The van der Waals surface area contributed by atoms with Gasteiger partial charge in [-0.1, -0.05) is 0 Å². The Kier molecular flexibility index (Phi) is 5.12. The van der Waals surface area contributed by atoms with Crippen LogP contribution in [0, 0.1) is 18.2 Å². The van der Waals surface area contributed by atoms with Gasteiger partial charge in [-0.15, -0.1) is 12.3 Å². The molecule has 1 rings (SSSR count). The Hall–Kier alpha value is -0.900. The third-order valence-corrected chi connectivity index (χ3v) is 4.41. The van der Waals surface area contributed by atoms with Crippen molar-refractivity contribution in [3.05, 3.63) is 28.5 Å². The van der Waals surface area contributed by atoms with Crippen molar-refractivity contribution in [2.45, 2.75) is 17.7 Å². The first-order valence-corrected chi connectivity index (χ1v) is 7.13. The van der Waals surface area contributed by atoms with Gasteiger partial charge in [0, 0.05) is 17.4 Å². The van der Waals surface area contributed by atoms with Crippen LogP contribution in [0.5, 0.6) is 0 Å². The average molecular weight is 320 g/mol. The molecular formula is C11H11BrFNO2S. The van der Waals surface area contributed by atoms with Crippen LogP contribution in [0.3, 0.4) is 0 Å². The van der Waals surface area contributed by atoms with E-state index in [1.807, 2.05) is 0 Å². The highest BCUT2D eigenvalue weighted by Crippen LogP contribution is 2.22. The Morgan fingerprint density at radius 3 is 2.76 bits per heavy atom. The highest BCUT2D eigenvalue weighted by Gasteiger charge is 2.17. The molecule has 3 nitrogen and oxygen atoms in total. The van der Waals surface area contributed by atoms with E-state index in [0.29, 0.717) is 12.8 Å². The maximum atomic E-state index is 12.8. The Morgan fingerprint density at radius 1 is 1.47 bits per heavy atom. The molecule has 0 aliphatic rings. The van der Waals surface area contributed by atoms with Crippen molar-refractivity contribution in [1.29, 1.82) is 0 Å². The SMILES string of the molecule is C#CCCCNS(=O)(=O)c1ccc(F)cc1Br. The number of hydrogen-bond donors (Lipinski definition) is 1. The van der Waals surface area contributed by atoms with Crippen molar-refractivity contribution >= 4 is 26.0 Å². The number of rotatable bonds is 5. The fourth-order valence-corrected chi connectivity index (χ4v) is 3.29. The van der Waals surface area contributed by atoms with Gasteiger partial charge in [0.15, 0.2) is 0 Å². The van der Waals surface area contributed by atoms with Crippen molar-refractivity contribution < 1.29 is 12.8 Å². The average Bonchev–Trinajstić information content (AvgIpc) is 2.24. The van der Waals surface area contributed by atoms with Gasteiger partial charge in [0.1, 0.15) is 5.82 Å². The standard InChI is InChI=1S/C11H11BrFNO2S/c1-2-3-4-7-14-17(15,16)11-6-5-9(13)8-10(11)12/h1,5-6,8,14H,3-4,7H2. The summed E-state index contributed by atoms with van der Waals surface area (Å²) in [5.74, 6) is 1.92. The molecule has 0 aromatic heterocycles. The monoisotopic (exact) mass is 319 g/mol. The minimum Gasteiger partial charge on any atom is -0.211 e. The molecule has 1 aromatic carbocycles. The molecule has 0 fully saturated rings. The van der Waals surface area contributed by atoms with Crippen LogP contribution in [-0.2, 0) is 10.0 Å². The number of benzene rings is 1. The molecule has 92 valence electrons. The Bertz CT molecular complexity index is 537. The molecule has 6 heteroatoms. The van der Waals surface area contributed by atoms with E-state index in [2.05, 4.69) is 26.6 Å². The van der Waals surface area contributed by atoms with E-state index in [1.165, 1.54) is 6.07 Å². The minimum atomic E-state index is -3.62. The van der Waals surface area contributed by atoms with Gasteiger partial charge < -0.3 is 0 Å². The van der Waals surface area contributed by atoms with Crippen LogP contribution < -0.4 is 4.72 Å². The van der Waals surface area contributed by atoms with E-state index in [1.54, 1.807) is 0 Å². The van der Waals surface area contributed by atoms with Gasteiger partial charge in [0.25, 0.3) is 0 Å². The summed E-state index contributed by atoms with van der Waals surface area (Å²) in [5, 5.41) is 0. The van der Waals surface area contributed by atoms with E-state index in [4.69, 9.17) is 6.42 Å². The van der Waals surface area contributed by atoms with Gasteiger partial charge in [0.05, 0.1) is 4.90 Å². The molecule has 0 unspecified atom stereocenters. The van der Waals surface area contributed by atoms with E-state index in [9.17, 15) is 12.8 Å². The van der Waals surface area contributed by atoms with E-state index in [-0.39, 0.29) is 15.9 Å². The highest BCUT2D eigenvalue weighted by atomic mass is 79.9. The molecule has 0 saturated carbocycles. The second-order valence-electron chi connectivity index (χ2n) is 3.28. The maximum Gasteiger partial charge on any atom is 0.241 e. The topological polar surface area (TPSA) is 46.2 Å². The fraction of sp³-hybridized carbons (Fsp3) is 0.273. The van der Waals surface area contributed by atoms with Crippen molar-refractivity contribution in [3.8, 4) is 12.3 Å². The first kappa shape index (κ1) is 14.2. The normalized spacial score (nSPS) is 11.1. The van der Waals surface area contributed by atoms with Gasteiger partial charge in [0.2, 0.25) is 10.0 Å². The van der Waals surface area contributed by atoms with Crippen molar-refractivity contribution in [2.75, 3.05) is 6.54 Å². The van der Waals surface area contributed by atoms with E-state index in [0.717, 1.165) is 12.1 Å². The van der Waals surface area contributed by atoms with Gasteiger partial charge in [-0.25, -0.2) is 17.5 Å². The van der Waals surface area contributed by atoms with Crippen molar-refractivity contribution in [3.63, 3.8) is 0 Å². The number of nitrogens with one attached hydrogen (secondary N) is 1. The number of unbranched alkanes of at least 4 members (excludes halogenated alkanes) is 1. The third kappa shape index (κ3) is 4.11. The number of hydrogen-bond acceptors (Lipinski definition) is 2. The predicted molar refractivity (Wildman–Crippen MR) is 67.4 cm³/mol. The second-order valence-corrected chi connectivity index (χ2v) is 5.87. The molecule has 1 aromatic rings. The molecule has 1 N–H and O–H groups in total. The molecule has 0 saturated heterocycles. The summed E-state index contributed by atoms with van der Waals surface area (Å²) in [6.07, 6.45) is 6.12. The molecular weight excluding hydrogens is 309 g/mol. The zero-order chi connectivity index (χ0) is 12.9. The summed E-state index contributed by atoms with van der Waals surface area (Å²) in [6, 6.07) is 3.42. The van der Waals surface area contributed by atoms with Crippen LogP contribution in [0.2, 0.25) is 0 Å². The molecule has 0 aliphatic carbocycles. The zero-order valence-electron chi connectivity index (χ0n) is 8.91. The van der Waals surface area contributed by atoms with Crippen LogP contribution in [0.4, 0.5) is 4.39 Å². The lowest BCUT2D eigenvalue weighted by Crippen LogP contribution is -2.25. The summed E-state index contributed by atoms with van der Waals surface area (Å²) in [4.78, 5) is 0.0135. The lowest BCUT2D eigenvalue weighted by Gasteiger charge is -2.07. The summed E-state index contributed by atoms with van der Waals surface area (Å²) >= 11 is 3.01. The van der Waals surface area contributed by atoms with Gasteiger partial charge in [-0.05, 0) is 40.5 Å². The van der Waals surface area contributed by atoms with E-state index >= 15 is 0 Å². The highest BCUT2D eigenvalue weighted by molar-refractivity contribution is 9.10. The molecule has 0 radical (unpaired) electrons. The Balaban J connectivity index is 2.80. The summed E-state index contributed by atoms with van der Waals surface area (Å²) in [7, 11) is -3.62. The molecule has 0 bridgehead atoms. The lowest BCUT2D eigenvalue weighted by atomic mass is 10.3. The molecule has 0 atom stereocenters. The minimum absolute atomic E-state index is 0.0135. The third-order valence-electron chi connectivity index (χ3n) is 1.97. The van der Waals surface area contributed by atoms with Crippen molar-refractivity contribution in [2.24, 2.45) is 0 Å². The molecule has 0 amide bonds. The first-order chi connectivity index (χ1) is 7.97. The lowest BCUT2D eigenvalue weighted by molar-refractivity contribution is 0.578. The van der Waals surface area contributed by atoms with Crippen LogP contribution >= 0.6 is 15.9 Å². The Labute approximate surface area is 109 Å². The van der Waals surface area contributed by atoms with Crippen LogP contribution in [0.1, 0.15) is 12.8 Å². The van der Waals surface area contributed by atoms with Crippen LogP contribution in [0.25, 0.3) is 0 Å². The van der Waals surface area contributed by atoms with Gasteiger partial charge >= 0.3 is 0 Å². The van der Waals surface area contributed by atoms with E-state index < -0.39 is 15.8 Å². The number of terminal acetylenes is 1. The Morgan fingerprint density at radius 2 is 2.18 bits per heavy atom. The summed E-state index contributed by atoms with van der Waals surface area (Å²) in [5.41, 5.74) is 0. The molecule has 17 heavy (non-hydrogen) atoms. The van der Waals surface area contributed by atoms with Crippen LogP contribution in [0.15, 0.2) is 27.6 Å². The van der Waals surface area contributed by atoms with Gasteiger partial charge in [-0.3, -0.25) is 0 Å². The zero-order valence-corrected chi connectivity index (χ0v) is 11.3. The summed E-state index contributed by atoms with van der Waals surface area (Å²) in [6.45, 7) is 0.260. The van der Waals surface area contributed by atoms with Crippen molar-refractivity contribution in [1.82, 2.24) is 4.72 Å². The predicted octanol–water partition coefficient (Wildman–Crippen LogP) is 2.28. The van der Waals surface area contributed by atoms with Crippen LogP contribution in [-0.4, -0.2) is 15.0 Å². The first-order valence-electron chi connectivity index (χ1n) is 4.85. The summed E-state index contributed by atoms with van der Waals surface area (Å²) < 4.78 is 39.0.